The van der Waals surface area contributed by atoms with Crippen molar-refractivity contribution in [3.63, 3.8) is 0 Å². The van der Waals surface area contributed by atoms with Crippen LogP contribution in [0.25, 0.3) is 0 Å². The van der Waals surface area contributed by atoms with Gasteiger partial charge in [-0.2, -0.15) is 11.8 Å². The minimum Gasteiger partial charge on any atom is -0.323 e. The number of nitrogens with two attached hydrogens (primary N) is 1. The van der Waals surface area contributed by atoms with Crippen LogP contribution in [0.4, 0.5) is 0 Å². The van der Waals surface area contributed by atoms with Crippen molar-refractivity contribution in [2.45, 2.75) is 25.6 Å². The second kappa shape index (κ2) is 7.16. The lowest BCUT2D eigenvalue weighted by atomic mass is 10.0. The van der Waals surface area contributed by atoms with Crippen LogP contribution in [0, 0.1) is 13.8 Å². The molecular formula is C17H20ClNS. The first-order valence-corrected chi connectivity index (χ1v) is 8.24. The Bertz CT molecular complexity index is 545. The molecule has 0 amide bonds. The maximum Gasteiger partial charge on any atom is 0.0406 e. The molecule has 0 aliphatic heterocycles. The average molecular weight is 306 g/mol. The van der Waals surface area contributed by atoms with Gasteiger partial charge in [0.25, 0.3) is 0 Å². The monoisotopic (exact) mass is 305 g/mol. The summed E-state index contributed by atoms with van der Waals surface area (Å²) in [6.07, 6.45) is 0. The Morgan fingerprint density at radius 3 is 2.25 bits per heavy atom. The van der Waals surface area contributed by atoms with Crippen LogP contribution in [0.15, 0.2) is 42.5 Å². The fraction of sp³-hybridized carbons (Fsp3) is 0.294. The van der Waals surface area contributed by atoms with Gasteiger partial charge in [0.15, 0.2) is 0 Å². The second-order valence-corrected chi connectivity index (χ2v) is 6.64. The molecule has 0 aromatic heterocycles. The van der Waals surface area contributed by atoms with E-state index in [-0.39, 0.29) is 6.04 Å². The van der Waals surface area contributed by atoms with Gasteiger partial charge in [-0.1, -0.05) is 53.1 Å². The normalized spacial score (nSPS) is 12.4. The lowest BCUT2D eigenvalue weighted by molar-refractivity contribution is 0.828. The zero-order valence-corrected chi connectivity index (χ0v) is 13.5. The molecule has 20 heavy (non-hydrogen) atoms. The summed E-state index contributed by atoms with van der Waals surface area (Å²) in [5.74, 6) is 1.89. The Labute approximate surface area is 130 Å². The minimum absolute atomic E-state index is 0.0888. The number of hydrogen-bond donors (Lipinski definition) is 1. The average Bonchev–Trinajstić information content (AvgIpc) is 2.40. The molecule has 0 fully saturated rings. The molecule has 1 atom stereocenters. The Hall–Kier alpha value is -0.960. The summed E-state index contributed by atoms with van der Waals surface area (Å²) in [5.41, 5.74) is 11.3. The van der Waals surface area contributed by atoms with Crippen molar-refractivity contribution in [1.82, 2.24) is 0 Å². The molecule has 0 saturated carbocycles. The summed E-state index contributed by atoms with van der Waals surface area (Å²) in [6, 6.07) is 14.6. The Balaban J connectivity index is 1.88. The number of halogens is 1. The first-order chi connectivity index (χ1) is 9.54. The SMILES string of the molecule is Cc1cc(C)cc(C(N)CSCc2ccc(Cl)cc2)c1. The van der Waals surface area contributed by atoms with E-state index in [1.807, 2.05) is 23.9 Å². The molecule has 0 spiro atoms. The Morgan fingerprint density at radius 2 is 1.65 bits per heavy atom. The fourth-order valence-corrected chi connectivity index (χ4v) is 3.32. The standard InChI is InChI=1S/C17H20ClNS/c1-12-7-13(2)9-15(8-12)17(19)11-20-10-14-3-5-16(18)6-4-14/h3-9,17H,10-11,19H2,1-2H3. The molecule has 106 valence electrons. The van der Waals surface area contributed by atoms with E-state index < -0.39 is 0 Å². The Kier molecular flexibility index (Phi) is 5.53. The van der Waals surface area contributed by atoms with Crippen LogP contribution in [0.5, 0.6) is 0 Å². The van der Waals surface area contributed by atoms with Gasteiger partial charge in [-0.05, 0) is 37.1 Å². The first-order valence-electron chi connectivity index (χ1n) is 6.70. The predicted molar refractivity (Wildman–Crippen MR) is 90.5 cm³/mol. The zero-order chi connectivity index (χ0) is 14.5. The van der Waals surface area contributed by atoms with Gasteiger partial charge in [-0.15, -0.1) is 0 Å². The van der Waals surface area contributed by atoms with Crippen molar-refractivity contribution in [2.24, 2.45) is 5.73 Å². The number of hydrogen-bond acceptors (Lipinski definition) is 2. The van der Waals surface area contributed by atoms with E-state index in [1.165, 1.54) is 22.3 Å². The van der Waals surface area contributed by atoms with Crippen LogP contribution in [0.2, 0.25) is 5.02 Å². The first kappa shape index (κ1) is 15.4. The summed E-state index contributed by atoms with van der Waals surface area (Å²) in [5, 5.41) is 0.783. The third-order valence-electron chi connectivity index (χ3n) is 3.15. The topological polar surface area (TPSA) is 26.0 Å². The smallest absolute Gasteiger partial charge is 0.0406 e. The van der Waals surface area contributed by atoms with Gasteiger partial charge >= 0.3 is 0 Å². The third-order valence-corrected chi connectivity index (χ3v) is 4.54. The van der Waals surface area contributed by atoms with Crippen molar-refractivity contribution < 1.29 is 0 Å². The molecule has 0 bridgehead atoms. The fourth-order valence-electron chi connectivity index (χ4n) is 2.20. The molecule has 2 aromatic rings. The molecular weight excluding hydrogens is 286 g/mol. The molecule has 0 saturated heterocycles. The van der Waals surface area contributed by atoms with Crippen LogP contribution >= 0.6 is 23.4 Å². The van der Waals surface area contributed by atoms with Gasteiger partial charge in [0.05, 0.1) is 0 Å². The Morgan fingerprint density at radius 1 is 1.05 bits per heavy atom. The van der Waals surface area contributed by atoms with Crippen molar-refractivity contribution in [3.05, 3.63) is 69.7 Å². The van der Waals surface area contributed by atoms with Crippen molar-refractivity contribution in [3.8, 4) is 0 Å². The van der Waals surface area contributed by atoms with E-state index >= 15 is 0 Å². The van der Waals surface area contributed by atoms with E-state index in [0.29, 0.717) is 0 Å². The summed E-state index contributed by atoms with van der Waals surface area (Å²) >= 11 is 7.74. The molecule has 0 aliphatic carbocycles. The maximum atomic E-state index is 6.28. The molecule has 1 nitrogen and oxygen atoms in total. The van der Waals surface area contributed by atoms with Crippen molar-refractivity contribution in [1.29, 1.82) is 0 Å². The quantitative estimate of drug-likeness (QED) is 0.851. The maximum absolute atomic E-state index is 6.28. The van der Waals surface area contributed by atoms with Gasteiger partial charge in [0, 0.05) is 22.6 Å². The van der Waals surface area contributed by atoms with Crippen molar-refractivity contribution >= 4 is 23.4 Å². The summed E-state index contributed by atoms with van der Waals surface area (Å²) in [4.78, 5) is 0. The van der Waals surface area contributed by atoms with Crippen LogP contribution < -0.4 is 5.73 Å². The molecule has 3 heteroatoms. The molecule has 1 unspecified atom stereocenters. The molecule has 2 rings (SSSR count). The highest BCUT2D eigenvalue weighted by Crippen LogP contribution is 2.22. The highest BCUT2D eigenvalue weighted by molar-refractivity contribution is 7.98. The highest BCUT2D eigenvalue weighted by Gasteiger charge is 2.07. The van der Waals surface area contributed by atoms with Crippen LogP contribution in [-0.4, -0.2) is 5.75 Å². The highest BCUT2D eigenvalue weighted by atomic mass is 35.5. The number of aryl methyl sites for hydroxylation is 2. The van der Waals surface area contributed by atoms with Crippen LogP contribution in [0.1, 0.15) is 28.3 Å². The van der Waals surface area contributed by atoms with Crippen LogP contribution in [0.3, 0.4) is 0 Å². The third kappa shape index (κ3) is 4.55. The number of thioether (sulfide) groups is 1. The van der Waals surface area contributed by atoms with Gasteiger partial charge in [-0.25, -0.2) is 0 Å². The molecule has 2 aromatic carbocycles. The van der Waals surface area contributed by atoms with Gasteiger partial charge in [0.2, 0.25) is 0 Å². The van der Waals surface area contributed by atoms with E-state index in [9.17, 15) is 0 Å². The number of benzene rings is 2. The second-order valence-electron chi connectivity index (χ2n) is 5.17. The molecule has 2 N–H and O–H groups in total. The minimum atomic E-state index is 0.0888. The largest absolute Gasteiger partial charge is 0.323 e. The number of rotatable bonds is 5. The summed E-state index contributed by atoms with van der Waals surface area (Å²) < 4.78 is 0. The zero-order valence-electron chi connectivity index (χ0n) is 11.9. The predicted octanol–water partition coefficient (Wildman–Crippen LogP) is 4.89. The van der Waals surface area contributed by atoms with E-state index in [0.717, 1.165) is 16.5 Å². The van der Waals surface area contributed by atoms with E-state index in [1.54, 1.807) is 0 Å². The molecule has 0 heterocycles. The van der Waals surface area contributed by atoms with Crippen LogP contribution in [-0.2, 0) is 5.75 Å². The van der Waals surface area contributed by atoms with Crippen molar-refractivity contribution in [2.75, 3.05) is 5.75 Å². The summed E-state index contributed by atoms with van der Waals surface area (Å²) in [7, 11) is 0. The van der Waals surface area contributed by atoms with Gasteiger partial charge in [-0.3, -0.25) is 0 Å². The van der Waals surface area contributed by atoms with E-state index in [2.05, 4.69) is 44.2 Å². The summed E-state index contributed by atoms with van der Waals surface area (Å²) in [6.45, 7) is 4.23. The molecule has 0 radical (unpaired) electrons. The lowest BCUT2D eigenvalue weighted by Gasteiger charge is -2.13. The van der Waals surface area contributed by atoms with Gasteiger partial charge < -0.3 is 5.73 Å². The van der Waals surface area contributed by atoms with Gasteiger partial charge in [0.1, 0.15) is 0 Å². The molecule has 0 aliphatic rings. The lowest BCUT2D eigenvalue weighted by Crippen LogP contribution is -2.13. The van der Waals surface area contributed by atoms with E-state index in [4.69, 9.17) is 17.3 Å².